The minimum Gasteiger partial charge on any atom is -0.296 e. The number of carbonyl (C=O) groups excluding carboxylic acids is 1. The second-order valence-electron chi connectivity index (χ2n) is 4.40. The van der Waals surface area contributed by atoms with Crippen molar-refractivity contribution in [3.05, 3.63) is 0 Å². The average Bonchev–Trinajstić information content (AvgIpc) is 2.01. The molecule has 5 heteroatoms. The molecule has 0 N–H and O–H groups in total. The van der Waals surface area contributed by atoms with E-state index in [1.54, 1.807) is 20.8 Å². The van der Waals surface area contributed by atoms with E-state index in [-0.39, 0.29) is 5.75 Å². The van der Waals surface area contributed by atoms with E-state index in [1.807, 2.05) is 0 Å². The van der Waals surface area contributed by atoms with Crippen LogP contribution in [0, 0.1) is 5.41 Å². The topological polar surface area (TPSA) is 51.2 Å². The second kappa shape index (κ2) is 3.81. The smallest absolute Gasteiger partial charge is 0.201 e. The molecule has 1 atom stereocenters. The maximum absolute atomic E-state index is 11.8. The van der Waals surface area contributed by atoms with Gasteiger partial charge in [0.2, 0.25) is 4.21 Å². The van der Waals surface area contributed by atoms with Crippen LogP contribution in [0.3, 0.4) is 0 Å². The van der Waals surface area contributed by atoms with Gasteiger partial charge < -0.3 is 0 Å². The van der Waals surface area contributed by atoms with E-state index >= 15 is 0 Å². The highest BCUT2D eigenvalue weighted by atomic mass is 35.5. The standard InChI is InChI=1S/C9H17ClO3S/c1-6-14(12,13)9(5,10)7(11)8(2,3)4/h6H2,1-5H3. The minimum absolute atomic E-state index is 0.130. The zero-order valence-corrected chi connectivity index (χ0v) is 10.8. The monoisotopic (exact) mass is 240 g/mol. The molecule has 0 heterocycles. The quantitative estimate of drug-likeness (QED) is 0.709. The molecular weight excluding hydrogens is 224 g/mol. The van der Waals surface area contributed by atoms with Crippen LogP contribution >= 0.6 is 11.6 Å². The summed E-state index contributed by atoms with van der Waals surface area (Å²) in [6.45, 7) is 7.69. The average molecular weight is 241 g/mol. The van der Waals surface area contributed by atoms with Gasteiger partial charge in [0, 0.05) is 11.2 Å². The van der Waals surface area contributed by atoms with Crippen LogP contribution in [-0.4, -0.2) is 24.2 Å². The summed E-state index contributed by atoms with van der Waals surface area (Å²) in [5.41, 5.74) is -0.751. The van der Waals surface area contributed by atoms with Crippen molar-refractivity contribution in [2.45, 2.75) is 38.8 Å². The Kier molecular flexibility index (Phi) is 3.79. The van der Waals surface area contributed by atoms with E-state index in [0.717, 1.165) is 0 Å². The Morgan fingerprint density at radius 2 is 1.57 bits per heavy atom. The van der Waals surface area contributed by atoms with Gasteiger partial charge in [-0.1, -0.05) is 39.3 Å². The van der Waals surface area contributed by atoms with Crippen molar-refractivity contribution in [1.29, 1.82) is 0 Å². The molecule has 1 unspecified atom stereocenters. The molecule has 0 aliphatic rings. The molecular formula is C9H17ClO3S. The summed E-state index contributed by atoms with van der Waals surface area (Å²) in [6.07, 6.45) is 0. The summed E-state index contributed by atoms with van der Waals surface area (Å²) in [6, 6.07) is 0. The third kappa shape index (κ3) is 2.48. The maximum Gasteiger partial charge on any atom is 0.201 e. The molecule has 0 saturated carbocycles. The van der Waals surface area contributed by atoms with Gasteiger partial charge in [-0.15, -0.1) is 0 Å². The van der Waals surface area contributed by atoms with E-state index in [2.05, 4.69) is 0 Å². The highest BCUT2D eigenvalue weighted by Crippen LogP contribution is 2.32. The normalized spacial score (nSPS) is 17.6. The van der Waals surface area contributed by atoms with E-state index in [4.69, 9.17) is 11.6 Å². The Labute approximate surface area is 90.7 Å². The van der Waals surface area contributed by atoms with E-state index in [9.17, 15) is 13.2 Å². The molecule has 14 heavy (non-hydrogen) atoms. The Hall–Kier alpha value is -0.0900. The van der Waals surface area contributed by atoms with E-state index in [0.29, 0.717) is 0 Å². The molecule has 0 rings (SSSR count). The van der Waals surface area contributed by atoms with Crippen LogP contribution in [0.25, 0.3) is 0 Å². The van der Waals surface area contributed by atoms with E-state index in [1.165, 1.54) is 13.8 Å². The molecule has 84 valence electrons. The van der Waals surface area contributed by atoms with Gasteiger partial charge in [0.15, 0.2) is 15.6 Å². The number of Topliss-reactive ketones (excluding diaryl/α,β-unsaturated/α-hetero) is 1. The third-order valence-electron chi connectivity index (χ3n) is 2.05. The van der Waals surface area contributed by atoms with Gasteiger partial charge in [0.1, 0.15) is 0 Å². The summed E-state index contributed by atoms with van der Waals surface area (Å²) >= 11 is 5.83. The lowest BCUT2D eigenvalue weighted by Crippen LogP contribution is -2.45. The minimum atomic E-state index is -3.56. The van der Waals surface area contributed by atoms with E-state index < -0.39 is 25.2 Å². The number of sulfone groups is 1. The van der Waals surface area contributed by atoms with Crippen LogP contribution in [0.4, 0.5) is 0 Å². The van der Waals surface area contributed by atoms with Crippen molar-refractivity contribution < 1.29 is 13.2 Å². The first-order chi connectivity index (χ1) is 5.97. The predicted molar refractivity (Wildman–Crippen MR) is 58.2 cm³/mol. The molecule has 0 saturated heterocycles. The highest BCUT2D eigenvalue weighted by Gasteiger charge is 2.47. The van der Waals surface area contributed by atoms with Crippen molar-refractivity contribution >= 4 is 27.2 Å². The van der Waals surface area contributed by atoms with Crippen LogP contribution in [-0.2, 0) is 14.6 Å². The van der Waals surface area contributed by atoms with Crippen LogP contribution < -0.4 is 0 Å². The molecule has 3 nitrogen and oxygen atoms in total. The Morgan fingerprint density at radius 3 is 1.79 bits per heavy atom. The number of alkyl halides is 1. The fraction of sp³-hybridized carbons (Fsp3) is 0.889. The number of hydrogen-bond acceptors (Lipinski definition) is 3. The molecule has 0 aliphatic carbocycles. The predicted octanol–water partition coefficient (Wildman–Crippen LogP) is 1.99. The Bertz CT molecular complexity index is 322. The number of carbonyl (C=O) groups is 1. The van der Waals surface area contributed by atoms with Crippen LogP contribution in [0.15, 0.2) is 0 Å². The molecule has 0 aromatic rings. The zero-order chi connectivity index (χ0) is 11.8. The summed E-state index contributed by atoms with van der Waals surface area (Å²) in [4.78, 5) is 11.8. The maximum atomic E-state index is 11.8. The highest BCUT2D eigenvalue weighted by molar-refractivity contribution is 7.94. The first-order valence-corrected chi connectivity index (χ1v) is 6.46. The molecule has 0 aromatic carbocycles. The molecule has 0 aromatic heterocycles. The fourth-order valence-corrected chi connectivity index (χ4v) is 2.82. The number of rotatable bonds is 3. The number of ketones is 1. The molecule has 0 fully saturated rings. The summed E-state index contributed by atoms with van der Waals surface area (Å²) in [7, 11) is -3.56. The summed E-state index contributed by atoms with van der Waals surface area (Å²) in [5.74, 6) is -0.594. The van der Waals surface area contributed by atoms with Gasteiger partial charge in [-0.2, -0.15) is 0 Å². The van der Waals surface area contributed by atoms with Gasteiger partial charge in [0.05, 0.1) is 0 Å². The molecule has 0 spiro atoms. The lowest BCUT2D eigenvalue weighted by molar-refractivity contribution is -0.126. The van der Waals surface area contributed by atoms with Crippen LogP contribution in [0.5, 0.6) is 0 Å². The van der Waals surface area contributed by atoms with Crippen molar-refractivity contribution in [3.8, 4) is 0 Å². The number of halogens is 1. The van der Waals surface area contributed by atoms with Gasteiger partial charge in [-0.3, -0.25) is 4.79 Å². The first kappa shape index (κ1) is 13.9. The second-order valence-corrected chi connectivity index (χ2v) is 8.00. The van der Waals surface area contributed by atoms with Gasteiger partial charge in [-0.05, 0) is 6.92 Å². The van der Waals surface area contributed by atoms with Gasteiger partial charge in [-0.25, -0.2) is 8.42 Å². The molecule has 0 radical (unpaired) electrons. The van der Waals surface area contributed by atoms with Crippen LogP contribution in [0.1, 0.15) is 34.6 Å². The first-order valence-electron chi connectivity index (χ1n) is 4.43. The molecule has 0 amide bonds. The van der Waals surface area contributed by atoms with Gasteiger partial charge in [0.25, 0.3) is 0 Å². The summed E-state index contributed by atoms with van der Waals surface area (Å²) in [5, 5.41) is 0. The van der Waals surface area contributed by atoms with Gasteiger partial charge >= 0.3 is 0 Å². The van der Waals surface area contributed by atoms with Crippen molar-refractivity contribution in [3.63, 3.8) is 0 Å². The Balaban J connectivity index is 5.30. The summed E-state index contributed by atoms with van der Waals surface area (Å²) < 4.78 is 21.3. The lowest BCUT2D eigenvalue weighted by atomic mass is 9.89. The van der Waals surface area contributed by atoms with Crippen molar-refractivity contribution in [1.82, 2.24) is 0 Å². The SMILES string of the molecule is CCS(=O)(=O)C(C)(Cl)C(=O)C(C)(C)C. The Morgan fingerprint density at radius 1 is 1.21 bits per heavy atom. The number of hydrogen-bond donors (Lipinski definition) is 0. The van der Waals surface area contributed by atoms with Crippen LogP contribution in [0.2, 0.25) is 0 Å². The third-order valence-corrected chi connectivity index (χ3v) is 5.04. The molecule has 0 aliphatic heterocycles. The van der Waals surface area contributed by atoms with Crippen molar-refractivity contribution in [2.24, 2.45) is 5.41 Å². The zero-order valence-electron chi connectivity index (χ0n) is 9.22. The lowest BCUT2D eigenvalue weighted by Gasteiger charge is -2.27. The van der Waals surface area contributed by atoms with Crippen molar-refractivity contribution in [2.75, 3.05) is 5.75 Å². The fourth-order valence-electron chi connectivity index (χ4n) is 1.08. The molecule has 0 bridgehead atoms. The largest absolute Gasteiger partial charge is 0.296 e.